The molecule has 0 spiro atoms. The van der Waals surface area contributed by atoms with Crippen LogP contribution in [0.15, 0.2) is 0 Å². The number of rotatable bonds is 10. The van der Waals surface area contributed by atoms with Crippen LogP contribution in [0, 0.1) is 0 Å². The Kier molecular flexibility index (Phi) is 8.35. The molecule has 0 aromatic heterocycles. The van der Waals surface area contributed by atoms with Crippen molar-refractivity contribution in [1.29, 1.82) is 0 Å². The van der Waals surface area contributed by atoms with Crippen molar-refractivity contribution in [3.63, 3.8) is 0 Å². The lowest BCUT2D eigenvalue weighted by Gasteiger charge is -2.24. The van der Waals surface area contributed by atoms with Gasteiger partial charge in [-0.3, -0.25) is 9.05 Å². The molecule has 0 saturated heterocycles. The smallest absolute Gasteiger partial charge is 0.450 e. The van der Waals surface area contributed by atoms with E-state index in [1.54, 1.807) is 0 Å². The van der Waals surface area contributed by atoms with Crippen LogP contribution in [0.5, 0.6) is 0 Å². The van der Waals surface area contributed by atoms with Crippen LogP contribution in [0.1, 0.15) is 0 Å². The van der Waals surface area contributed by atoms with E-state index in [9.17, 15) is 19.0 Å². The number of hydrogen-bond donors (Lipinski definition) is 3. The average Bonchev–Trinajstić information content (AvgIpc) is 2.30. The van der Waals surface area contributed by atoms with Gasteiger partial charge in [-0.15, -0.1) is 0 Å². The lowest BCUT2D eigenvalue weighted by molar-refractivity contribution is -0.870. The molecule has 0 aromatic rings. The lowest BCUT2D eigenvalue weighted by Crippen LogP contribution is -2.37. The van der Waals surface area contributed by atoms with Gasteiger partial charge < -0.3 is 29.1 Å². The van der Waals surface area contributed by atoms with Gasteiger partial charge in [-0.25, -0.2) is 14.2 Å². The molecule has 0 radical (unpaired) electrons. The van der Waals surface area contributed by atoms with Gasteiger partial charge in [-0.05, 0) is 0 Å². The van der Waals surface area contributed by atoms with E-state index in [0.717, 1.165) is 0 Å². The molecule has 11 nitrogen and oxygen atoms in total. The molecule has 0 fully saturated rings. The third kappa shape index (κ3) is 12.4. The standard InChI is InChI=1S/C10H20NO10P/c1-11(2,3)4-5-19-22(16,17)20-7-8(21-10(14)15)6-18-9(12)13/h8H,4-7H2,1-3H3,(H2-,12,13,14,15,16,17)/p+1. The Morgan fingerprint density at radius 3 is 2.14 bits per heavy atom. The first-order chi connectivity index (χ1) is 9.91. The summed E-state index contributed by atoms with van der Waals surface area (Å²) in [7, 11) is 1.15. The largest absolute Gasteiger partial charge is 0.506 e. The van der Waals surface area contributed by atoms with Crippen LogP contribution >= 0.6 is 7.82 Å². The molecule has 0 bridgehead atoms. The number of hydrogen-bond acceptors (Lipinski definition) is 7. The Balaban J connectivity index is 4.32. The molecule has 0 amide bonds. The summed E-state index contributed by atoms with van der Waals surface area (Å²) >= 11 is 0. The van der Waals surface area contributed by atoms with Crippen LogP contribution in [-0.4, -0.2) is 85.5 Å². The Bertz CT molecular complexity index is 420. The van der Waals surface area contributed by atoms with Gasteiger partial charge in [0.2, 0.25) is 0 Å². The summed E-state index contributed by atoms with van der Waals surface area (Å²) in [6.45, 7) is -1.00. The van der Waals surface area contributed by atoms with Crippen LogP contribution in [-0.2, 0) is 23.1 Å². The van der Waals surface area contributed by atoms with E-state index >= 15 is 0 Å². The van der Waals surface area contributed by atoms with E-state index in [0.29, 0.717) is 11.0 Å². The summed E-state index contributed by atoms with van der Waals surface area (Å²) in [5.74, 6) is 0. The van der Waals surface area contributed by atoms with Crippen molar-refractivity contribution in [3.05, 3.63) is 0 Å². The summed E-state index contributed by atoms with van der Waals surface area (Å²) in [6, 6.07) is 0. The van der Waals surface area contributed by atoms with Gasteiger partial charge in [0.15, 0.2) is 6.10 Å². The van der Waals surface area contributed by atoms with Crippen molar-refractivity contribution in [2.24, 2.45) is 0 Å². The third-order valence-electron chi connectivity index (χ3n) is 2.10. The Morgan fingerprint density at radius 1 is 1.09 bits per heavy atom. The fourth-order valence-electron chi connectivity index (χ4n) is 1.07. The predicted octanol–water partition coefficient (Wildman–Crippen LogP) is 0.584. The van der Waals surface area contributed by atoms with Gasteiger partial charge in [0.05, 0.1) is 27.7 Å². The van der Waals surface area contributed by atoms with Crippen LogP contribution in [0.4, 0.5) is 9.59 Å². The van der Waals surface area contributed by atoms with Crippen molar-refractivity contribution in [2.75, 3.05) is 47.5 Å². The molecular formula is C10H21NO10P+. The molecule has 0 saturated carbocycles. The number of nitrogens with zero attached hydrogens (tertiary/aromatic N) is 1. The van der Waals surface area contributed by atoms with Crippen molar-refractivity contribution < 1.29 is 52.3 Å². The predicted molar refractivity (Wildman–Crippen MR) is 71.5 cm³/mol. The summed E-state index contributed by atoms with van der Waals surface area (Å²) in [5.41, 5.74) is 0. The first kappa shape index (κ1) is 20.6. The summed E-state index contributed by atoms with van der Waals surface area (Å²) < 4.78 is 29.7. The molecule has 0 aliphatic carbocycles. The van der Waals surface area contributed by atoms with E-state index < -0.39 is 39.5 Å². The monoisotopic (exact) mass is 346 g/mol. The number of phosphoric acid groups is 1. The molecule has 22 heavy (non-hydrogen) atoms. The zero-order chi connectivity index (χ0) is 17.4. The minimum atomic E-state index is -4.41. The fraction of sp³-hybridized carbons (Fsp3) is 0.800. The number of phosphoric ester groups is 1. The van der Waals surface area contributed by atoms with E-state index in [1.807, 2.05) is 21.1 Å². The number of ether oxygens (including phenoxy) is 2. The summed E-state index contributed by atoms with van der Waals surface area (Å²) in [4.78, 5) is 30.1. The molecule has 3 N–H and O–H groups in total. The summed E-state index contributed by atoms with van der Waals surface area (Å²) in [5, 5.41) is 16.8. The van der Waals surface area contributed by atoms with E-state index in [2.05, 4.69) is 14.0 Å². The number of carbonyl (C=O) groups is 2. The van der Waals surface area contributed by atoms with Crippen LogP contribution in [0.2, 0.25) is 0 Å². The van der Waals surface area contributed by atoms with Crippen LogP contribution in [0.3, 0.4) is 0 Å². The first-order valence-electron chi connectivity index (χ1n) is 6.09. The molecule has 130 valence electrons. The minimum Gasteiger partial charge on any atom is -0.450 e. The topological polar surface area (TPSA) is 149 Å². The second-order valence-electron chi connectivity index (χ2n) is 5.19. The van der Waals surface area contributed by atoms with Crippen LogP contribution < -0.4 is 0 Å². The molecule has 0 rings (SSSR count). The molecule has 12 heteroatoms. The summed E-state index contributed by atoms with van der Waals surface area (Å²) in [6.07, 6.45) is -4.75. The number of quaternary nitrogens is 1. The first-order valence-corrected chi connectivity index (χ1v) is 7.58. The molecular weight excluding hydrogens is 325 g/mol. The third-order valence-corrected chi connectivity index (χ3v) is 3.08. The Labute approximate surface area is 127 Å². The molecule has 0 aromatic carbocycles. The molecule has 0 aliphatic heterocycles. The van der Waals surface area contributed by atoms with Gasteiger partial charge in [-0.1, -0.05) is 0 Å². The zero-order valence-electron chi connectivity index (χ0n) is 12.5. The molecule has 0 aliphatic rings. The Hall–Kier alpha value is -1.39. The highest BCUT2D eigenvalue weighted by molar-refractivity contribution is 7.47. The average molecular weight is 346 g/mol. The zero-order valence-corrected chi connectivity index (χ0v) is 13.4. The van der Waals surface area contributed by atoms with Gasteiger partial charge in [0.25, 0.3) is 0 Å². The van der Waals surface area contributed by atoms with Crippen molar-refractivity contribution in [1.82, 2.24) is 0 Å². The maximum absolute atomic E-state index is 11.6. The fourth-order valence-corrected chi connectivity index (χ4v) is 1.81. The van der Waals surface area contributed by atoms with Crippen molar-refractivity contribution in [2.45, 2.75) is 6.10 Å². The quantitative estimate of drug-likeness (QED) is 0.291. The molecule has 0 heterocycles. The van der Waals surface area contributed by atoms with Crippen LogP contribution in [0.25, 0.3) is 0 Å². The second kappa shape index (κ2) is 8.91. The van der Waals surface area contributed by atoms with Crippen molar-refractivity contribution in [3.8, 4) is 0 Å². The van der Waals surface area contributed by atoms with E-state index in [4.69, 9.17) is 14.7 Å². The molecule has 2 atom stereocenters. The van der Waals surface area contributed by atoms with E-state index in [-0.39, 0.29) is 6.61 Å². The lowest BCUT2D eigenvalue weighted by atomic mass is 10.4. The molecule has 2 unspecified atom stereocenters. The van der Waals surface area contributed by atoms with Gasteiger partial charge >= 0.3 is 20.1 Å². The van der Waals surface area contributed by atoms with E-state index in [1.165, 1.54) is 0 Å². The second-order valence-corrected chi connectivity index (χ2v) is 6.65. The van der Waals surface area contributed by atoms with Gasteiger partial charge in [0, 0.05) is 0 Å². The maximum Gasteiger partial charge on any atom is 0.506 e. The highest BCUT2D eigenvalue weighted by Gasteiger charge is 2.26. The van der Waals surface area contributed by atoms with Crippen molar-refractivity contribution >= 4 is 20.1 Å². The maximum atomic E-state index is 11.6. The number of carboxylic acid groups (broad SMARTS) is 2. The van der Waals surface area contributed by atoms with Gasteiger partial charge in [0.1, 0.15) is 19.8 Å². The Morgan fingerprint density at radius 2 is 1.68 bits per heavy atom. The van der Waals surface area contributed by atoms with Gasteiger partial charge in [-0.2, -0.15) is 0 Å². The highest BCUT2D eigenvalue weighted by atomic mass is 31.2. The number of likely N-dealkylation sites (N-methyl/N-ethyl adjacent to an activating group) is 1. The minimum absolute atomic E-state index is 0.0621. The highest BCUT2D eigenvalue weighted by Crippen LogP contribution is 2.43. The SMILES string of the molecule is C[N+](C)(C)CCOP(=O)(O)OCC(COC(=O)O)OC(=O)O. The normalized spacial score (nSPS) is 15.6.